The summed E-state index contributed by atoms with van der Waals surface area (Å²) in [7, 11) is 4.84. The number of esters is 1. The van der Waals surface area contributed by atoms with Gasteiger partial charge in [-0.3, -0.25) is 9.69 Å². The lowest BCUT2D eigenvalue weighted by atomic mass is 9.94. The Morgan fingerprint density at radius 1 is 0.897 bits per heavy atom. The first-order chi connectivity index (χ1) is 14.1. The lowest BCUT2D eigenvalue weighted by Crippen LogP contribution is -2.38. The number of hydrogen-bond donors (Lipinski definition) is 0. The van der Waals surface area contributed by atoms with Crippen LogP contribution in [0.25, 0.3) is 11.1 Å². The summed E-state index contributed by atoms with van der Waals surface area (Å²) in [6.45, 7) is 1.91. The number of methoxy groups -OCH3 is 3. The Labute approximate surface area is 172 Å². The van der Waals surface area contributed by atoms with Gasteiger partial charge in [0.25, 0.3) is 0 Å². The molecular formula is C24H29NO4. The SMILES string of the molecule is COC(=O)C1CCN(C2CCc3cc(-c4cc(OC)cc(OC)c4)ccc32)CC1. The van der Waals surface area contributed by atoms with E-state index in [1.807, 2.05) is 18.2 Å². The Balaban J connectivity index is 1.52. The van der Waals surface area contributed by atoms with Crippen LogP contribution in [-0.2, 0) is 16.0 Å². The zero-order chi connectivity index (χ0) is 20.4. The van der Waals surface area contributed by atoms with Gasteiger partial charge >= 0.3 is 5.97 Å². The van der Waals surface area contributed by atoms with Crippen LogP contribution in [0, 0.1) is 5.92 Å². The van der Waals surface area contributed by atoms with Gasteiger partial charge in [0.05, 0.1) is 27.2 Å². The number of carbonyl (C=O) groups excluding carboxylic acids is 1. The summed E-state index contributed by atoms with van der Waals surface area (Å²) < 4.78 is 15.8. The topological polar surface area (TPSA) is 48.0 Å². The predicted molar refractivity (Wildman–Crippen MR) is 112 cm³/mol. The van der Waals surface area contributed by atoms with Crippen molar-refractivity contribution in [2.24, 2.45) is 5.92 Å². The van der Waals surface area contributed by atoms with Crippen LogP contribution in [0.2, 0.25) is 0 Å². The van der Waals surface area contributed by atoms with Gasteiger partial charge in [0.2, 0.25) is 0 Å². The van der Waals surface area contributed by atoms with E-state index in [2.05, 4.69) is 23.1 Å². The van der Waals surface area contributed by atoms with Crippen molar-refractivity contribution in [2.45, 2.75) is 31.7 Å². The minimum absolute atomic E-state index is 0.0579. The molecule has 1 heterocycles. The first-order valence-corrected chi connectivity index (χ1v) is 10.3. The van der Waals surface area contributed by atoms with Crippen molar-refractivity contribution >= 4 is 5.97 Å². The Morgan fingerprint density at radius 3 is 2.21 bits per heavy atom. The van der Waals surface area contributed by atoms with Gasteiger partial charge in [0, 0.05) is 12.1 Å². The average Bonchev–Trinajstić information content (AvgIpc) is 3.21. The van der Waals surface area contributed by atoms with Crippen LogP contribution < -0.4 is 9.47 Å². The molecule has 1 atom stereocenters. The van der Waals surface area contributed by atoms with E-state index in [1.165, 1.54) is 23.8 Å². The van der Waals surface area contributed by atoms with E-state index in [-0.39, 0.29) is 11.9 Å². The second-order valence-electron chi connectivity index (χ2n) is 7.90. The summed E-state index contributed by atoms with van der Waals surface area (Å²) in [5.74, 6) is 1.59. The van der Waals surface area contributed by atoms with Gasteiger partial charge in [-0.25, -0.2) is 0 Å². The lowest BCUT2D eigenvalue weighted by Gasteiger charge is -2.35. The highest BCUT2D eigenvalue weighted by atomic mass is 16.5. The minimum atomic E-state index is -0.0603. The van der Waals surface area contributed by atoms with Crippen LogP contribution in [0.15, 0.2) is 36.4 Å². The number of nitrogens with zero attached hydrogens (tertiary/aromatic N) is 1. The van der Waals surface area contributed by atoms with E-state index < -0.39 is 0 Å². The molecule has 1 fully saturated rings. The summed E-state index contributed by atoms with van der Waals surface area (Å²) in [6, 6.07) is 13.2. The Kier molecular flexibility index (Phi) is 5.76. The molecule has 0 N–H and O–H groups in total. The molecule has 2 aromatic rings. The first kappa shape index (κ1) is 19.8. The number of benzene rings is 2. The summed E-state index contributed by atoms with van der Waals surface area (Å²) in [5.41, 5.74) is 5.14. The minimum Gasteiger partial charge on any atom is -0.497 e. The highest BCUT2D eigenvalue weighted by Gasteiger charge is 2.33. The number of ether oxygens (including phenoxy) is 3. The van der Waals surface area contributed by atoms with Gasteiger partial charge in [-0.1, -0.05) is 18.2 Å². The summed E-state index contributed by atoms with van der Waals surface area (Å²) in [5, 5.41) is 0. The van der Waals surface area contributed by atoms with Gasteiger partial charge in [0.15, 0.2) is 0 Å². The molecule has 154 valence electrons. The number of hydrogen-bond acceptors (Lipinski definition) is 5. The van der Waals surface area contributed by atoms with E-state index in [0.717, 1.165) is 55.8 Å². The molecule has 0 radical (unpaired) electrons. The standard InChI is InChI=1S/C24H29NO4/c1-27-20-13-19(14-21(15-20)28-2)17-4-6-22-18(12-17)5-7-23(22)25-10-8-16(9-11-25)24(26)29-3/h4,6,12-16,23H,5,7-11H2,1-3H3. The van der Waals surface area contributed by atoms with Crippen LogP contribution in [-0.4, -0.2) is 45.3 Å². The van der Waals surface area contributed by atoms with Crippen LogP contribution >= 0.6 is 0 Å². The molecule has 1 saturated heterocycles. The molecule has 0 saturated carbocycles. The second-order valence-corrected chi connectivity index (χ2v) is 7.90. The van der Waals surface area contributed by atoms with Crippen molar-refractivity contribution in [2.75, 3.05) is 34.4 Å². The van der Waals surface area contributed by atoms with E-state index in [9.17, 15) is 4.79 Å². The maximum absolute atomic E-state index is 11.8. The smallest absolute Gasteiger partial charge is 0.308 e. The van der Waals surface area contributed by atoms with Crippen LogP contribution in [0.4, 0.5) is 0 Å². The third-order valence-electron chi connectivity index (χ3n) is 6.38. The van der Waals surface area contributed by atoms with Crippen LogP contribution in [0.1, 0.15) is 36.4 Å². The van der Waals surface area contributed by atoms with E-state index in [4.69, 9.17) is 14.2 Å². The Morgan fingerprint density at radius 2 is 1.59 bits per heavy atom. The molecule has 2 aliphatic rings. The van der Waals surface area contributed by atoms with Gasteiger partial charge in [-0.15, -0.1) is 0 Å². The van der Waals surface area contributed by atoms with Crippen LogP contribution in [0.3, 0.4) is 0 Å². The molecule has 0 aromatic heterocycles. The molecule has 1 aliphatic carbocycles. The van der Waals surface area contributed by atoms with Crippen molar-refractivity contribution in [3.63, 3.8) is 0 Å². The summed E-state index contributed by atoms with van der Waals surface area (Å²) >= 11 is 0. The fraction of sp³-hybridized carbons (Fsp3) is 0.458. The molecule has 29 heavy (non-hydrogen) atoms. The molecule has 5 heteroatoms. The highest BCUT2D eigenvalue weighted by molar-refractivity contribution is 5.72. The second kappa shape index (κ2) is 8.46. The maximum atomic E-state index is 11.8. The van der Waals surface area contributed by atoms with Crippen molar-refractivity contribution in [1.29, 1.82) is 0 Å². The molecule has 5 nitrogen and oxygen atoms in total. The van der Waals surface area contributed by atoms with Gasteiger partial charge in [-0.2, -0.15) is 0 Å². The van der Waals surface area contributed by atoms with Crippen molar-refractivity contribution in [1.82, 2.24) is 4.90 Å². The molecule has 0 bridgehead atoms. The lowest BCUT2D eigenvalue weighted by molar-refractivity contribution is -0.147. The first-order valence-electron chi connectivity index (χ1n) is 10.3. The van der Waals surface area contributed by atoms with Crippen LogP contribution in [0.5, 0.6) is 11.5 Å². The number of piperidine rings is 1. The van der Waals surface area contributed by atoms with E-state index >= 15 is 0 Å². The maximum Gasteiger partial charge on any atom is 0.308 e. The molecular weight excluding hydrogens is 366 g/mol. The number of rotatable bonds is 5. The van der Waals surface area contributed by atoms with Crippen molar-refractivity contribution in [3.05, 3.63) is 47.5 Å². The molecule has 1 aliphatic heterocycles. The van der Waals surface area contributed by atoms with E-state index in [1.54, 1.807) is 14.2 Å². The fourth-order valence-electron chi connectivity index (χ4n) is 4.74. The summed E-state index contributed by atoms with van der Waals surface area (Å²) in [6.07, 6.45) is 4.01. The molecule has 0 spiro atoms. The van der Waals surface area contributed by atoms with Gasteiger partial charge < -0.3 is 14.2 Å². The highest BCUT2D eigenvalue weighted by Crippen LogP contribution is 2.40. The summed E-state index contributed by atoms with van der Waals surface area (Å²) in [4.78, 5) is 14.3. The molecule has 4 rings (SSSR count). The molecule has 1 unspecified atom stereocenters. The van der Waals surface area contributed by atoms with Crippen molar-refractivity contribution < 1.29 is 19.0 Å². The largest absolute Gasteiger partial charge is 0.497 e. The molecule has 2 aromatic carbocycles. The van der Waals surface area contributed by atoms with Crippen molar-refractivity contribution in [3.8, 4) is 22.6 Å². The Hall–Kier alpha value is -2.53. The van der Waals surface area contributed by atoms with Gasteiger partial charge in [0.1, 0.15) is 11.5 Å². The fourth-order valence-corrected chi connectivity index (χ4v) is 4.74. The van der Waals surface area contributed by atoms with Gasteiger partial charge in [-0.05, 0) is 73.2 Å². The third-order valence-corrected chi connectivity index (χ3v) is 6.38. The third kappa shape index (κ3) is 3.97. The Bertz CT molecular complexity index is 864. The monoisotopic (exact) mass is 395 g/mol. The zero-order valence-electron chi connectivity index (χ0n) is 17.4. The number of carbonyl (C=O) groups is 1. The number of aryl methyl sites for hydroxylation is 1. The zero-order valence-corrected chi connectivity index (χ0v) is 17.4. The predicted octanol–water partition coefficient (Wildman–Crippen LogP) is 4.24. The average molecular weight is 395 g/mol. The molecule has 0 amide bonds. The quantitative estimate of drug-likeness (QED) is 0.709. The number of fused-ring (bicyclic) bond motifs is 1. The number of likely N-dealkylation sites (tertiary alicyclic amines) is 1. The normalized spacial score (nSPS) is 19.6. The van der Waals surface area contributed by atoms with E-state index in [0.29, 0.717) is 6.04 Å².